The molecule has 1 atom stereocenters. The molecule has 0 spiro atoms. The molecule has 1 aliphatic carbocycles. The van der Waals surface area contributed by atoms with Crippen molar-refractivity contribution in [3.05, 3.63) is 0 Å². The number of rotatable bonds is 4. The summed E-state index contributed by atoms with van der Waals surface area (Å²) in [5.74, 6) is 0.216. The van der Waals surface area contributed by atoms with Crippen molar-refractivity contribution in [1.82, 2.24) is 10.2 Å². The number of amides is 1. The zero-order valence-corrected chi connectivity index (χ0v) is 13.2. The van der Waals surface area contributed by atoms with Gasteiger partial charge in [0.15, 0.2) is 0 Å². The van der Waals surface area contributed by atoms with Crippen LogP contribution in [0, 0.1) is 5.41 Å². The first-order chi connectivity index (χ1) is 9.54. The summed E-state index contributed by atoms with van der Waals surface area (Å²) in [6, 6.07) is 0.414. The summed E-state index contributed by atoms with van der Waals surface area (Å²) < 4.78 is 0. The van der Waals surface area contributed by atoms with Crippen LogP contribution >= 0.6 is 0 Å². The number of nitrogens with zero attached hydrogens (tertiary/aromatic N) is 1. The first-order valence-corrected chi connectivity index (χ1v) is 8.28. The van der Waals surface area contributed by atoms with E-state index in [1.165, 1.54) is 19.3 Å². The molecule has 116 valence electrons. The second kappa shape index (κ2) is 6.90. The number of nitrogens with one attached hydrogen (secondary N) is 1. The molecule has 2 aliphatic rings. The van der Waals surface area contributed by atoms with E-state index in [1.807, 2.05) is 6.92 Å². The Hall–Kier alpha value is -0.610. The number of carbonyl (C=O) groups is 1. The lowest BCUT2D eigenvalue weighted by Gasteiger charge is -2.41. The molecule has 0 aromatic carbocycles. The van der Waals surface area contributed by atoms with Crippen molar-refractivity contribution in [2.24, 2.45) is 11.1 Å². The van der Waals surface area contributed by atoms with Crippen molar-refractivity contribution >= 4 is 5.91 Å². The normalized spacial score (nSPS) is 26.1. The van der Waals surface area contributed by atoms with Gasteiger partial charge in [-0.25, -0.2) is 0 Å². The second-order valence-electron chi connectivity index (χ2n) is 7.07. The predicted octanol–water partition coefficient (Wildman–Crippen LogP) is 1.88. The molecule has 3 N–H and O–H groups in total. The van der Waals surface area contributed by atoms with Gasteiger partial charge in [-0.05, 0) is 57.7 Å². The Kier molecular flexibility index (Phi) is 5.44. The Balaban J connectivity index is 1.79. The van der Waals surface area contributed by atoms with E-state index in [0.717, 1.165) is 45.3 Å². The fourth-order valence-corrected chi connectivity index (χ4v) is 3.39. The molecular weight excluding hydrogens is 250 g/mol. The summed E-state index contributed by atoms with van der Waals surface area (Å²) in [6.45, 7) is 7.05. The Labute approximate surface area is 123 Å². The number of piperidine rings is 1. The summed E-state index contributed by atoms with van der Waals surface area (Å²) in [6.07, 6.45) is 8.37. The highest BCUT2D eigenvalue weighted by atomic mass is 16.2. The summed E-state index contributed by atoms with van der Waals surface area (Å²) in [4.78, 5) is 14.7. The van der Waals surface area contributed by atoms with Crippen LogP contribution in [0.4, 0.5) is 0 Å². The van der Waals surface area contributed by atoms with E-state index in [2.05, 4.69) is 17.1 Å². The molecule has 1 aliphatic heterocycles. The highest BCUT2D eigenvalue weighted by Gasteiger charge is 2.32. The van der Waals surface area contributed by atoms with Crippen LogP contribution in [-0.4, -0.2) is 42.5 Å². The van der Waals surface area contributed by atoms with Gasteiger partial charge in [0, 0.05) is 6.04 Å². The molecule has 20 heavy (non-hydrogen) atoms. The lowest BCUT2D eigenvalue weighted by Crippen LogP contribution is -2.52. The second-order valence-corrected chi connectivity index (χ2v) is 7.07. The minimum atomic E-state index is -0.000693. The first-order valence-electron chi connectivity index (χ1n) is 8.28. The summed E-state index contributed by atoms with van der Waals surface area (Å²) >= 11 is 0. The van der Waals surface area contributed by atoms with E-state index in [-0.39, 0.29) is 17.4 Å². The molecule has 0 aromatic heterocycles. The van der Waals surface area contributed by atoms with Gasteiger partial charge < -0.3 is 11.1 Å². The molecule has 2 rings (SSSR count). The molecule has 1 saturated carbocycles. The highest BCUT2D eigenvalue weighted by molar-refractivity contribution is 5.81. The molecule has 4 heteroatoms. The standard InChI is InChI=1S/C16H31N3O/c1-13(15(20)18-14-6-4-3-5-7-14)19-10-8-16(2,12-17)9-11-19/h13-14H,3-12,17H2,1-2H3,(H,18,20). The van der Waals surface area contributed by atoms with Crippen molar-refractivity contribution in [3.8, 4) is 0 Å². The average molecular weight is 281 g/mol. The van der Waals surface area contributed by atoms with Crippen LogP contribution in [0.2, 0.25) is 0 Å². The summed E-state index contributed by atoms with van der Waals surface area (Å²) in [5.41, 5.74) is 6.12. The SMILES string of the molecule is CC(C(=O)NC1CCCCC1)N1CCC(C)(CN)CC1. The average Bonchev–Trinajstić information content (AvgIpc) is 2.48. The van der Waals surface area contributed by atoms with Crippen molar-refractivity contribution in [1.29, 1.82) is 0 Å². The van der Waals surface area contributed by atoms with Gasteiger partial charge in [0.25, 0.3) is 0 Å². The third-order valence-electron chi connectivity index (χ3n) is 5.38. The van der Waals surface area contributed by atoms with Crippen LogP contribution in [0.15, 0.2) is 0 Å². The minimum absolute atomic E-state index is 0.000693. The summed E-state index contributed by atoms with van der Waals surface area (Å²) in [7, 11) is 0. The van der Waals surface area contributed by atoms with Crippen molar-refractivity contribution < 1.29 is 4.79 Å². The number of hydrogen-bond acceptors (Lipinski definition) is 3. The smallest absolute Gasteiger partial charge is 0.237 e. The topological polar surface area (TPSA) is 58.4 Å². The first kappa shape index (κ1) is 15.8. The number of nitrogens with two attached hydrogens (primary N) is 1. The van der Waals surface area contributed by atoms with Gasteiger partial charge in [-0.1, -0.05) is 26.2 Å². The maximum Gasteiger partial charge on any atom is 0.237 e. The number of likely N-dealkylation sites (tertiary alicyclic amines) is 1. The largest absolute Gasteiger partial charge is 0.352 e. The fraction of sp³-hybridized carbons (Fsp3) is 0.938. The lowest BCUT2D eigenvalue weighted by atomic mass is 9.80. The maximum atomic E-state index is 12.4. The van der Waals surface area contributed by atoms with E-state index in [4.69, 9.17) is 5.73 Å². The quantitative estimate of drug-likeness (QED) is 0.827. The molecule has 4 nitrogen and oxygen atoms in total. The van der Waals surface area contributed by atoms with E-state index in [0.29, 0.717) is 6.04 Å². The monoisotopic (exact) mass is 281 g/mol. The van der Waals surface area contributed by atoms with Crippen molar-refractivity contribution in [2.75, 3.05) is 19.6 Å². The van der Waals surface area contributed by atoms with Crippen LogP contribution in [0.3, 0.4) is 0 Å². The van der Waals surface area contributed by atoms with Crippen LogP contribution in [-0.2, 0) is 4.79 Å². The lowest BCUT2D eigenvalue weighted by molar-refractivity contribution is -0.127. The van der Waals surface area contributed by atoms with Crippen molar-refractivity contribution in [3.63, 3.8) is 0 Å². The molecular formula is C16H31N3O. The fourth-order valence-electron chi connectivity index (χ4n) is 3.39. The van der Waals surface area contributed by atoms with Gasteiger partial charge in [0.2, 0.25) is 5.91 Å². The predicted molar refractivity (Wildman–Crippen MR) is 82.4 cm³/mol. The summed E-state index contributed by atoms with van der Waals surface area (Å²) in [5, 5.41) is 3.25. The van der Waals surface area contributed by atoms with Gasteiger partial charge in [0.1, 0.15) is 0 Å². The molecule has 1 heterocycles. The molecule has 0 aromatic rings. The van der Waals surface area contributed by atoms with E-state index in [1.54, 1.807) is 0 Å². The van der Waals surface area contributed by atoms with Gasteiger partial charge in [0.05, 0.1) is 6.04 Å². The Morgan fingerprint density at radius 2 is 1.90 bits per heavy atom. The van der Waals surface area contributed by atoms with E-state index >= 15 is 0 Å². The van der Waals surface area contributed by atoms with Crippen LogP contribution in [0.5, 0.6) is 0 Å². The minimum Gasteiger partial charge on any atom is -0.352 e. The zero-order chi connectivity index (χ0) is 14.6. The van der Waals surface area contributed by atoms with Gasteiger partial charge in [-0.15, -0.1) is 0 Å². The van der Waals surface area contributed by atoms with Crippen LogP contribution < -0.4 is 11.1 Å². The molecule has 0 radical (unpaired) electrons. The molecule has 0 bridgehead atoms. The zero-order valence-electron chi connectivity index (χ0n) is 13.2. The van der Waals surface area contributed by atoms with E-state index < -0.39 is 0 Å². The Morgan fingerprint density at radius 1 is 1.30 bits per heavy atom. The van der Waals surface area contributed by atoms with E-state index in [9.17, 15) is 4.79 Å². The molecule has 1 saturated heterocycles. The van der Waals surface area contributed by atoms with Gasteiger partial charge in [-0.3, -0.25) is 9.69 Å². The molecule has 2 fully saturated rings. The highest BCUT2D eigenvalue weighted by Crippen LogP contribution is 2.30. The van der Waals surface area contributed by atoms with Crippen molar-refractivity contribution in [2.45, 2.75) is 70.9 Å². The van der Waals surface area contributed by atoms with Gasteiger partial charge >= 0.3 is 0 Å². The number of hydrogen-bond donors (Lipinski definition) is 2. The Morgan fingerprint density at radius 3 is 2.45 bits per heavy atom. The maximum absolute atomic E-state index is 12.4. The van der Waals surface area contributed by atoms with Gasteiger partial charge in [-0.2, -0.15) is 0 Å². The molecule has 1 unspecified atom stereocenters. The van der Waals surface area contributed by atoms with Crippen LogP contribution in [0.1, 0.15) is 58.8 Å². The third-order valence-corrected chi connectivity index (χ3v) is 5.38. The molecule has 1 amide bonds. The number of carbonyl (C=O) groups excluding carboxylic acids is 1. The Bertz CT molecular complexity index is 318. The van der Waals surface area contributed by atoms with Crippen LogP contribution in [0.25, 0.3) is 0 Å². The third kappa shape index (κ3) is 3.95.